The van der Waals surface area contributed by atoms with Crippen molar-refractivity contribution < 1.29 is 4.74 Å². The van der Waals surface area contributed by atoms with Crippen LogP contribution in [0.15, 0.2) is 18.2 Å². The molecule has 3 rings (SSSR count). The number of rotatable bonds is 2. The van der Waals surface area contributed by atoms with Crippen molar-refractivity contribution in [1.82, 2.24) is 5.32 Å². The van der Waals surface area contributed by atoms with Crippen LogP contribution in [0, 0.1) is 0 Å². The van der Waals surface area contributed by atoms with E-state index in [1.807, 2.05) is 0 Å². The van der Waals surface area contributed by atoms with Crippen molar-refractivity contribution >= 4 is 5.69 Å². The van der Waals surface area contributed by atoms with Gasteiger partial charge in [-0.2, -0.15) is 0 Å². The monoisotopic (exact) mass is 218 g/mol. The van der Waals surface area contributed by atoms with Gasteiger partial charge in [0.2, 0.25) is 0 Å². The van der Waals surface area contributed by atoms with Crippen molar-refractivity contribution in [1.29, 1.82) is 0 Å². The van der Waals surface area contributed by atoms with E-state index in [-0.39, 0.29) is 5.60 Å². The molecule has 0 spiro atoms. The predicted octanol–water partition coefficient (Wildman–Crippen LogP) is 1.79. The summed E-state index contributed by atoms with van der Waals surface area (Å²) in [5.41, 5.74) is 2.59. The highest BCUT2D eigenvalue weighted by Crippen LogP contribution is 2.33. The van der Waals surface area contributed by atoms with Crippen LogP contribution in [0.3, 0.4) is 0 Å². The second-order valence-corrected chi connectivity index (χ2v) is 4.97. The van der Waals surface area contributed by atoms with Crippen LogP contribution in [0.25, 0.3) is 0 Å². The first-order chi connectivity index (χ1) is 7.77. The molecule has 1 aromatic rings. The first-order valence-electron chi connectivity index (χ1n) is 6.02. The van der Waals surface area contributed by atoms with Crippen LogP contribution in [0.4, 0.5) is 5.69 Å². The molecular formula is C13H18N2O. The van der Waals surface area contributed by atoms with Crippen LogP contribution < -0.4 is 15.4 Å². The molecule has 86 valence electrons. The van der Waals surface area contributed by atoms with E-state index in [0.29, 0.717) is 0 Å². The maximum absolute atomic E-state index is 6.13. The highest BCUT2D eigenvalue weighted by Gasteiger charge is 2.34. The molecule has 0 radical (unpaired) electrons. The number of hydrogen-bond acceptors (Lipinski definition) is 3. The molecule has 2 aliphatic rings. The summed E-state index contributed by atoms with van der Waals surface area (Å²) >= 11 is 0. The van der Waals surface area contributed by atoms with E-state index >= 15 is 0 Å². The summed E-state index contributed by atoms with van der Waals surface area (Å²) in [6.45, 7) is 5.14. The van der Waals surface area contributed by atoms with Gasteiger partial charge in [-0.25, -0.2) is 0 Å². The smallest absolute Gasteiger partial charge is 0.131 e. The predicted molar refractivity (Wildman–Crippen MR) is 65.2 cm³/mol. The van der Waals surface area contributed by atoms with Gasteiger partial charge >= 0.3 is 0 Å². The standard InChI is InChI=1S/C13H18N2O/c1-13(8-14-9-13)16-12-6-2-5-11-10(12)4-3-7-15-11/h2,5-6,14-15H,3-4,7-9H2,1H3. The van der Waals surface area contributed by atoms with Crippen molar-refractivity contribution in [3.05, 3.63) is 23.8 Å². The van der Waals surface area contributed by atoms with Gasteiger partial charge in [-0.15, -0.1) is 0 Å². The maximum atomic E-state index is 6.13. The molecule has 16 heavy (non-hydrogen) atoms. The Hall–Kier alpha value is -1.22. The molecule has 0 bridgehead atoms. The minimum atomic E-state index is -0.00737. The largest absolute Gasteiger partial charge is 0.485 e. The lowest BCUT2D eigenvalue weighted by molar-refractivity contribution is 0.0339. The van der Waals surface area contributed by atoms with Crippen molar-refractivity contribution in [3.63, 3.8) is 0 Å². The van der Waals surface area contributed by atoms with Gasteiger partial charge in [-0.1, -0.05) is 6.07 Å². The van der Waals surface area contributed by atoms with Gasteiger partial charge in [0.15, 0.2) is 0 Å². The molecule has 0 atom stereocenters. The molecule has 2 aliphatic heterocycles. The van der Waals surface area contributed by atoms with Gasteiger partial charge in [0.05, 0.1) is 0 Å². The first-order valence-corrected chi connectivity index (χ1v) is 6.02. The van der Waals surface area contributed by atoms with E-state index in [0.717, 1.165) is 31.8 Å². The fourth-order valence-corrected chi connectivity index (χ4v) is 2.39. The SMILES string of the molecule is CC1(Oc2cccc3c2CCCN3)CNC1. The van der Waals surface area contributed by atoms with Crippen molar-refractivity contribution in [2.45, 2.75) is 25.4 Å². The third-order valence-corrected chi connectivity index (χ3v) is 3.41. The highest BCUT2D eigenvalue weighted by atomic mass is 16.5. The van der Waals surface area contributed by atoms with Crippen LogP contribution in [0.2, 0.25) is 0 Å². The molecule has 0 unspecified atom stereocenters. The summed E-state index contributed by atoms with van der Waals surface area (Å²) in [6, 6.07) is 6.31. The summed E-state index contributed by atoms with van der Waals surface area (Å²) in [5, 5.41) is 6.69. The summed E-state index contributed by atoms with van der Waals surface area (Å²) in [6.07, 6.45) is 2.32. The van der Waals surface area contributed by atoms with Crippen molar-refractivity contribution in [3.8, 4) is 5.75 Å². The van der Waals surface area contributed by atoms with Crippen LogP contribution >= 0.6 is 0 Å². The Kier molecular flexibility index (Phi) is 2.28. The third kappa shape index (κ3) is 1.65. The Morgan fingerprint density at radius 3 is 2.94 bits per heavy atom. The fraction of sp³-hybridized carbons (Fsp3) is 0.538. The Bertz CT molecular complexity index is 399. The van der Waals surface area contributed by atoms with Gasteiger partial charge in [0.1, 0.15) is 11.4 Å². The van der Waals surface area contributed by atoms with E-state index in [9.17, 15) is 0 Å². The lowest BCUT2D eigenvalue weighted by atomic mass is 9.98. The molecule has 0 aromatic heterocycles. The van der Waals surface area contributed by atoms with Gasteiger partial charge in [-0.05, 0) is 31.9 Å². The zero-order chi connectivity index (χ0) is 11.0. The molecule has 2 heterocycles. The second kappa shape index (κ2) is 3.67. The first kappa shape index (κ1) is 9.97. The number of fused-ring (bicyclic) bond motifs is 1. The van der Waals surface area contributed by atoms with Gasteiger partial charge in [0.25, 0.3) is 0 Å². The average molecular weight is 218 g/mol. The Labute approximate surface area is 96.2 Å². The van der Waals surface area contributed by atoms with Crippen molar-refractivity contribution in [2.24, 2.45) is 0 Å². The average Bonchev–Trinajstić information content (AvgIpc) is 2.27. The lowest BCUT2D eigenvalue weighted by Gasteiger charge is -2.40. The minimum Gasteiger partial charge on any atom is -0.485 e. The van der Waals surface area contributed by atoms with Crippen LogP contribution in [0.1, 0.15) is 18.9 Å². The topological polar surface area (TPSA) is 33.3 Å². The van der Waals surface area contributed by atoms with Crippen LogP contribution in [0.5, 0.6) is 5.75 Å². The number of hydrogen-bond donors (Lipinski definition) is 2. The maximum Gasteiger partial charge on any atom is 0.131 e. The van der Waals surface area contributed by atoms with E-state index < -0.39 is 0 Å². The summed E-state index contributed by atoms with van der Waals surface area (Å²) < 4.78 is 6.13. The van der Waals surface area contributed by atoms with Gasteiger partial charge in [-0.3, -0.25) is 0 Å². The summed E-state index contributed by atoms with van der Waals surface area (Å²) in [5.74, 6) is 1.06. The van der Waals surface area contributed by atoms with E-state index in [1.165, 1.54) is 17.7 Å². The molecule has 3 nitrogen and oxygen atoms in total. The summed E-state index contributed by atoms with van der Waals surface area (Å²) in [7, 11) is 0. The molecule has 1 saturated heterocycles. The molecule has 0 amide bonds. The van der Waals surface area contributed by atoms with Crippen LogP contribution in [-0.2, 0) is 6.42 Å². The zero-order valence-electron chi connectivity index (χ0n) is 9.68. The van der Waals surface area contributed by atoms with E-state index in [2.05, 4.69) is 35.8 Å². The molecule has 0 aliphatic carbocycles. The number of anilines is 1. The zero-order valence-corrected chi connectivity index (χ0v) is 9.68. The molecule has 3 heteroatoms. The number of nitrogens with one attached hydrogen (secondary N) is 2. The Balaban J connectivity index is 1.88. The molecule has 1 aromatic carbocycles. The number of ether oxygens (including phenoxy) is 1. The molecule has 1 fully saturated rings. The highest BCUT2D eigenvalue weighted by molar-refractivity contribution is 5.59. The van der Waals surface area contributed by atoms with Crippen molar-refractivity contribution in [2.75, 3.05) is 25.0 Å². The normalized spacial score (nSPS) is 21.6. The van der Waals surface area contributed by atoms with Gasteiger partial charge < -0.3 is 15.4 Å². The second-order valence-electron chi connectivity index (χ2n) is 4.97. The van der Waals surface area contributed by atoms with Gasteiger partial charge in [0, 0.05) is 30.9 Å². The third-order valence-electron chi connectivity index (χ3n) is 3.41. The minimum absolute atomic E-state index is 0.00737. The lowest BCUT2D eigenvalue weighted by Crippen LogP contribution is -2.61. The fourth-order valence-electron chi connectivity index (χ4n) is 2.39. The summed E-state index contributed by atoms with van der Waals surface area (Å²) in [4.78, 5) is 0. The Morgan fingerprint density at radius 1 is 1.31 bits per heavy atom. The quantitative estimate of drug-likeness (QED) is 0.794. The van der Waals surface area contributed by atoms with Crippen LogP contribution in [-0.4, -0.2) is 25.2 Å². The number of benzene rings is 1. The van der Waals surface area contributed by atoms with E-state index in [4.69, 9.17) is 4.74 Å². The molecular weight excluding hydrogens is 200 g/mol. The molecule has 0 saturated carbocycles. The Morgan fingerprint density at radius 2 is 2.19 bits per heavy atom. The molecule has 2 N–H and O–H groups in total. The van der Waals surface area contributed by atoms with E-state index in [1.54, 1.807) is 0 Å².